The molecule has 12 heteroatoms. The van der Waals surface area contributed by atoms with E-state index >= 15 is 0 Å². The lowest BCUT2D eigenvalue weighted by Gasteiger charge is -2.35. The van der Waals surface area contributed by atoms with Crippen LogP contribution in [0.3, 0.4) is 0 Å². The van der Waals surface area contributed by atoms with Gasteiger partial charge in [0.2, 0.25) is 5.95 Å². The molecule has 2 aliphatic rings. The maximum Gasteiger partial charge on any atom is 0.393 e. The van der Waals surface area contributed by atoms with E-state index in [1.165, 1.54) is 4.90 Å². The first-order valence-electron chi connectivity index (χ1n) is 10.9. The standard InChI is InChI=1S/C21H27F3N8O/c1-30(2)16-8-10-26-19(28-16)29-20(33)32-12-4-9-25-15-6-7-17(27-18(15)32)31-11-3-5-14(13-31)21(22,23)24/h6-8,10,14,25H,3-5,9,11-13H2,1-2H3,(H,26,28,29,33). The molecule has 0 aliphatic carbocycles. The number of carbonyl (C=O) groups excluding carboxylic acids is 1. The van der Waals surface area contributed by atoms with Crippen LogP contribution in [0.2, 0.25) is 0 Å². The first-order valence-corrected chi connectivity index (χ1v) is 10.9. The number of fused-ring (bicyclic) bond motifs is 1. The zero-order chi connectivity index (χ0) is 23.6. The number of pyridine rings is 1. The molecule has 4 rings (SSSR count). The Morgan fingerprint density at radius 1 is 1.18 bits per heavy atom. The lowest BCUT2D eigenvalue weighted by Crippen LogP contribution is -2.42. The molecular weight excluding hydrogens is 437 g/mol. The highest BCUT2D eigenvalue weighted by molar-refractivity contribution is 6.02. The van der Waals surface area contributed by atoms with E-state index in [0.717, 1.165) is 0 Å². The van der Waals surface area contributed by atoms with Gasteiger partial charge in [-0.3, -0.25) is 10.2 Å². The summed E-state index contributed by atoms with van der Waals surface area (Å²) in [6.45, 7) is 1.38. The molecule has 0 radical (unpaired) electrons. The predicted molar refractivity (Wildman–Crippen MR) is 121 cm³/mol. The molecule has 0 spiro atoms. The van der Waals surface area contributed by atoms with Gasteiger partial charge in [0, 0.05) is 46.5 Å². The number of rotatable bonds is 3. The molecule has 2 N–H and O–H groups in total. The predicted octanol–water partition coefficient (Wildman–Crippen LogP) is 3.57. The Kier molecular flexibility index (Phi) is 6.43. The van der Waals surface area contributed by atoms with Gasteiger partial charge in [0.05, 0.1) is 11.6 Å². The number of nitrogens with zero attached hydrogens (tertiary/aromatic N) is 6. The molecule has 1 fully saturated rings. The van der Waals surface area contributed by atoms with Gasteiger partial charge < -0.3 is 15.1 Å². The summed E-state index contributed by atoms with van der Waals surface area (Å²) in [7, 11) is 3.67. The van der Waals surface area contributed by atoms with Gasteiger partial charge >= 0.3 is 12.2 Å². The van der Waals surface area contributed by atoms with Crippen molar-refractivity contribution in [1.29, 1.82) is 0 Å². The first-order chi connectivity index (χ1) is 15.7. The third-order valence-corrected chi connectivity index (χ3v) is 5.76. The highest BCUT2D eigenvalue weighted by atomic mass is 19.4. The van der Waals surface area contributed by atoms with Crippen molar-refractivity contribution in [3.8, 4) is 0 Å². The number of urea groups is 1. The number of amides is 2. The van der Waals surface area contributed by atoms with Crippen molar-refractivity contribution in [3.63, 3.8) is 0 Å². The Morgan fingerprint density at radius 3 is 2.76 bits per heavy atom. The van der Waals surface area contributed by atoms with Crippen LogP contribution in [0, 0.1) is 5.92 Å². The van der Waals surface area contributed by atoms with Crippen molar-refractivity contribution in [3.05, 3.63) is 24.4 Å². The third kappa shape index (κ3) is 5.20. The van der Waals surface area contributed by atoms with E-state index in [9.17, 15) is 18.0 Å². The number of hydrogen-bond acceptors (Lipinski definition) is 7. The molecule has 9 nitrogen and oxygen atoms in total. The van der Waals surface area contributed by atoms with E-state index in [-0.39, 0.29) is 18.9 Å². The second kappa shape index (κ2) is 9.28. The minimum atomic E-state index is -4.24. The molecular formula is C21H27F3N8O. The van der Waals surface area contributed by atoms with Crippen molar-refractivity contribution in [2.75, 3.05) is 65.6 Å². The van der Waals surface area contributed by atoms with Gasteiger partial charge in [-0.05, 0) is 37.5 Å². The zero-order valence-electron chi connectivity index (χ0n) is 18.6. The van der Waals surface area contributed by atoms with E-state index in [1.54, 1.807) is 34.2 Å². The summed E-state index contributed by atoms with van der Waals surface area (Å²) < 4.78 is 39.8. The summed E-state index contributed by atoms with van der Waals surface area (Å²) >= 11 is 0. The Labute approximate surface area is 190 Å². The molecule has 0 saturated carbocycles. The summed E-state index contributed by atoms with van der Waals surface area (Å²) in [4.78, 5) is 31.1. The van der Waals surface area contributed by atoms with Crippen molar-refractivity contribution >= 4 is 35.1 Å². The van der Waals surface area contributed by atoms with Gasteiger partial charge in [-0.1, -0.05) is 0 Å². The second-order valence-corrected chi connectivity index (χ2v) is 8.36. The van der Waals surface area contributed by atoms with E-state index < -0.39 is 18.1 Å². The second-order valence-electron chi connectivity index (χ2n) is 8.36. The maximum atomic E-state index is 13.3. The highest BCUT2D eigenvalue weighted by Crippen LogP contribution is 2.36. The van der Waals surface area contributed by atoms with Crippen LogP contribution >= 0.6 is 0 Å². The Hall–Kier alpha value is -3.31. The minimum absolute atomic E-state index is 0.118. The summed E-state index contributed by atoms with van der Waals surface area (Å²) in [6, 6.07) is 4.74. The fraction of sp³-hybridized carbons (Fsp3) is 0.524. The maximum absolute atomic E-state index is 13.3. The smallest absolute Gasteiger partial charge is 0.382 e. The van der Waals surface area contributed by atoms with E-state index in [4.69, 9.17) is 0 Å². The quantitative estimate of drug-likeness (QED) is 0.718. The van der Waals surface area contributed by atoms with E-state index in [1.807, 2.05) is 14.1 Å². The molecule has 2 aromatic heterocycles. The van der Waals surface area contributed by atoms with Crippen molar-refractivity contribution in [2.45, 2.75) is 25.4 Å². The fourth-order valence-corrected chi connectivity index (χ4v) is 4.00. The molecule has 1 unspecified atom stereocenters. The number of aromatic nitrogens is 3. The molecule has 2 aromatic rings. The molecule has 1 atom stereocenters. The lowest BCUT2D eigenvalue weighted by atomic mass is 9.97. The van der Waals surface area contributed by atoms with Gasteiger partial charge in [-0.25, -0.2) is 14.8 Å². The molecule has 1 saturated heterocycles. The van der Waals surface area contributed by atoms with E-state index in [0.29, 0.717) is 55.6 Å². The number of halogens is 3. The third-order valence-electron chi connectivity index (χ3n) is 5.76. The monoisotopic (exact) mass is 464 g/mol. The Balaban J connectivity index is 1.58. The molecule has 2 aliphatic heterocycles. The highest BCUT2D eigenvalue weighted by Gasteiger charge is 2.42. The topological polar surface area (TPSA) is 89.5 Å². The van der Waals surface area contributed by atoms with Gasteiger partial charge in [-0.15, -0.1) is 0 Å². The van der Waals surface area contributed by atoms with Crippen LogP contribution in [-0.2, 0) is 0 Å². The number of piperidine rings is 1. The van der Waals surface area contributed by atoms with Crippen molar-refractivity contribution < 1.29 is 18.0 Å². The van der Waals surface area contributed by atoms with Crippen LogP contribution in [0.15, 0.2) is 24.4 Å². The van der Waals surface area contributed by atoms with Crippen LogP contribution in [0.4, 0.5) is 47.1 Å². The van der Waals surface area contributed by atoms with Crippen LogP contribution in [0.5, 0.6) is 0 Å². The average Bonchev–Trinajstić information content (AvgIpc) is 3.01. The number of carbonyl (C=O) groups is 1. The van der Waals surface area contributed by atoms with Gasteiger partial charge in [0.15, 0.2) is 5.82 Å². The summed E-state index contributed by atoms with van der Waals surface area (Å²) in [5, 5.41) is 5.95. The summed E-state index contributed by atoms with van der Waals surface area (Å²) in [6.07, 6.45) is -1.45. The summed E-state index contributed by atoms with van der Waals surface area (Å²) in [5.74, 6) is 0.217. The number of alkyl halides is 3. The molecule has 4 heterocycles. The molecule has 178 valence electrons. The molecule has 0 bridgehead atoms. The number of anilines is 5. The van der Waals surface area contributed by atoms with Crippen LogP contribution in [-0.4, -0.2) is 67.4 Å². The largest absolute Gasteiger partial charge is 0.393 e. The van der Waals surface area contributed by atoms with Crippen LogP contribution in [0.25, 0.3) is 0 Å². The number of hydrogen-bond donors (Lipinski definition) is 2. The van der Waals surface area contributed by atoms with Gasteiger partial charge in [0.1, 0.15) is 11.6 Å². The lowest BCUT2D eigenvalue weighted by molar-refractivity contribution is -0.176. The first kappa shape index (κ1) is 22.9. The molecule has 33 heavy (non-hydrogen) atoms. The van der Waals surface area contributed by atoms with Crippen LogP contribution < -0.4 is 25.3 Å². The van der Waals surface area contributed by atoms with Gasteiger partial charge in [-0.2, -0.15) is 18.2 Å². The normalized spacial score (nSPS) is 18.8. The van der Waals surface area contributed by atoms with Crippen molar-refractivity contribution in [2.24, 2.45) is 5.92 Å². The molecule has 2 amide bonds. The SMILES string of the molecule is CN(C)c1ccnc(NC(=O)N2CCCNc3ccc(N4CCCC(C(F)(F)F)C4)nc32)n1. The Bertz CT molecular complexity index is 1000. The fourth-order valence-electron chi connectivity index (χ4n) is 4.00. The average molecular weight is 464 g/mol. The van der Waals surface area contributed by atoms with Crippen molar-refractivity contribution in [1.82, 2.24) is 15.0 Å². The van der Waals surface area contributed by atoms with Gasteiger partial charge in [0.25, 0.3) is 0 Å². The number of nitrogens with one attached hydrogen (secondary N) is 2. The zero-order valence-corrected chi connectivity index (χ0v) is 18.6. The molecule has 0 aromatic carbocycles. The minimum Gasteiger partial charge on any atom is -0.382 e. The van der Waals surface area contributed by atoms with E-state index in [2.05, 4.69) is 25.6 Å². The van der Waals surface area contributed by atoms with Crippen LogP contribution in [0.1, 0.15) is 19.3 Å². The summed E-state index contributed by atoms with van der Waals surface area (Å²) in [5.41, 5.74) is 0.652. The Morgan fingerprint density at radius 2 is 2.00 bits per heavy atom.